The predicted molar refractivity (Wildman–Crippen MR) is 129 cm³/mol. The summed E-state index contributed by atoms with van der Waals surface area (Å²) in [7, 11) is 0. The lowest BCUT2D eigenvalue weighted by atomic mass is 9.76. The first-order valence-electron chi connectivity index (χ1n) is 11.8. The molecule has 5 unspecified atom stereocenters. The van der Waals surface area contributed by atoms with Gasteiger partial charge in [0.25, 0.3) is 0 Å². The minimum atomic E-state index is -1.99. The zero-order chi connectivity index (χ0) is 24.9. The van der Waals surface area contributed by atoms with Gasteiger partial charge in [0.2, 0.25) is 11.8 Å². The molecule has 7 heteroatoms. The number of imide groups is 1. The Balaban J connectivity index is 1.96. The normalized spacial score (nSPS) is 27.2. The molecule has 0 aromatic heterocycles. The van der Waals surface area contributed by atoms with Gasteiger partial charge in [-0.05, 0) is 55.9 Å². The summed E-state index contributed by atoms with van der Waals surface area (Å²) in [5.41, 5.74) is 2.89. The van der Waals surface area contributed by atoms with Gasteiger partial charge in [-0.25, -0.2) is 4.90 Å². The van der Waals surface area contributed by atoms with Crippen LogP contribution < -0.4 is 10.2 Å². The molecule has 2 aromatic rings. The standard InChI is InChI=1S/C27H32N2O5/c1-6-17-9-8-10-18(7-2)23(17)29-24(31)20-21(25(29)32)27(16(5)30,26(33)34)28-22(20)19-13-14(3)11-12-15(19)4/h8-13,16,20-22,28,30H,6-7H2,1-5H3,(H,33,34). The molecule has 2 saturated heterocycles. The molecule has 2 heterocycles. The van der Waals surface area contributed by atoms with E-state index in [2.05, 4.69) is 5.32 Å². The van der Waals surface area contributed by atoms with Crippen molar-refractivity contribution in [1.82, 2.24) is 5.32 Å². The maximum atomic E-state index is 14.0. The highest BCUT2D eigenvalue weighted by atomic mass is 16.4. The van der Waals surface area contributed by atoms with Crippen LogP contribution in [-0.4, -0.2) is 39.6 Å². The molecular weight excluding hydrogens is 432 g/mol. The first kappa shape index (κ1) is 24.1. The van der Waals surface area contributed by atoms with Crippen molar-refractivity contribution >= 4 is 23.5 Å². The lowest BCUT2D eigenvalue weighted by molar-refractivity contribution is -0.154. The van der Waals surface area contributed by atoms with Crippen LogP contribution in [0.4, 0.5) is 5.69 Å². The Morgan fingerprint density at radius 1 is 1.09 bits per heavy atom. The molecule has 3 N–H and O–H groups in total. The lowest BCUT2D eigenvalue weighted by Crippen LogP contribution is -2.62. The van der Waals surface area contributed by atoms with E-state index in [1.807, 2.05) is 64.1 Å². The van der Waals surface area contributed by atoms with E-state index in [1.54, 1.807) is 0 Å². The Morgan fingerprint density at radius 2 is 1.71 bits per heavy atom. The molecule has 2 aliphatic heterocycles. The van der Waals surface area contributed by atoms with Gasteiger partial charge in [0, 0.05) is 6.04 Å². The maximum absolute atomic E-state index is 14.0. The van der Waals surface area contributed by atoms with Gasteiger partial charge in [0.15, 0.2) is 5.54 Å². The number of nitrogens with zero attached hydrogens (tertiary/aromatic N) is 1. The molecule has 0 radical (unpaired) electrons. The second-order valence-corrected chi connectivity index (χ2v) is 9.48. The molecule has 180 valence electrons. The number of aliphatic hydroxyl groups is 1. The van der Waals surface area contributed by atoms with Crippen molar-refractivity contribution in [3.63, 3.8) is 0 Å². The molecule has 2 aromatic carbocycles. The predicted octanol–water partition coefficient (Wildman–Crippen LogP) is 3.08. The summed E-state index contributed by atoms with van der Waals surface area (Å²) in [6.45, 7) is 9.11. The maximum Gasteiger partial charge on any atom is 0.327 e. The van der Waals surface area contributed by atoms with Gasteiger partial charge in [-0.15, -0.1) is 0 Å². The SMILES string of the molecule is CCc1cccc(CC)c1N1C(=O)C2C(c3cc(C)ccc3C)NC(C(=O)O)(C(C)O)C2C1=O. The highest BCUT2D eigenvalue weighted by molar-refractivity contribution is 6.25. The number of carboxylic acid groups (broad SMARTS) is 1. The van der Waals surface area contributed by atoms with Crippen LogP contribution in [0.1, 0.15) is 54.6 Å². The molecule has 2 aliphatic rings. The van der Waals surface area contributed by atoms with E-state index in [9.17, 15) is 24.6 Å². The van der Waals surface area contributed by atoms with E-state index < -0.39 is 47.3 Å². The third-order valence-corrected chi connectivity index (χ3v) is 7.57. The number of carboxylic acids is 1. The number of aliphatic carboxylic acids is 1. The number of anilines is 1. The van der Waals surface area contributed by atoms with Crippen molar-refractivity contribution in [2.24, 2.45) is 11.8 Å². The summed E-state index contributed by atoms with van der Waals surface area (Å²) in [6, 6.07) is 10.8. The second kappa shape index (κ2) is 8.64. The quantitative estimate of drug-likeness (QED) is 0.567. The van der Waals surface area contributed by atoms with Crippen molar-refractivity contribution in [1.29, 1.82) is 0 Å². The Kier molecular flexibility index (Phi) is 6.12. The molecule has 0 bridgehead atoms. The smallest absolute Gasteiger partial charge is 0.327 e. The zero-order valence-corrected chi connectivity index (χ0v) is 20.3. The number of para-hydroxylation sites is 1. The van der Waals surface area contributed by atoms with E-state index >= 15 is 0 Å². The van der Waals surface area contributed by atoms with Crippen molar-refractivity contribution < 1.29 is 24.6 Å². The third-order valence-electron chi connectivity index (χ3n) is 7.57. The van der Waals surface area contributed by atoms with Crippen molar-refractivity contribution in [3.8, 4) is 0 Å². The van der Waals surface area contributed by atoms with E-state index in [0.717, 1.165) is 27.8 Å². The highest BCUT2D eigenvalue weighted by Gasteiger charge is 2.70. The van der Waals surface area contributed by atoms with E-state index in [1.165, 1.54) is 11.8 Å². The van der Waals surface area contributed by atoms with Gasteiger partial charge < -0.3 is 10.2 Å². The minimum Gasteiger partial charge on any atom is -0.480 e. The summed E-state index contributed by atoms with van der Waals surface area (Å²) in [5, 5.41) is 24.1. The zero-order valence-electron chi connectivity index (χ0n) is 20.3. The highest BCUT2D eigenvalue weighted by Crippen LogP contribution is 2.52. The average molecular weight is 465 g/mol. The fourth-order valence-electron chi connectivity index (χ4n) is 5.79. The number of carbonyl (C=O) groups is 3. The molecule has 2 fully saturated rings. The number of hydrogen-bond donors (Lipinski definition) is 3. The van der Waals surface area contributed by atoms with Gasteiger partial charge in [-0.3, -0.25) is 19.7 Å². The molecule has 2 amide bonds. The Labute approximate surface area is 199 Å². The third kappa shape index (κ3) is 3.29. The monoisotopic (exact) mass is 464 g/mol. The molecule has 5 atom stereocenters. The topological polar surface area (TPSA) is 107 Å². The van der Waals surface area contributed by atoms with Crippen LogP contribution in [0.2, 0.25) is 0 Å². The van der Waals surface area contributed by atoms with Gasteiger partial charge in [0.1, 0.15) is 0 Å². The molecule has 0 saturated carbocycles. The van der Waals surface area contributed by atoms with Crippen LogP contribution in [-0.2, 0) is 27.2 Å². The van der Waals surface area contributed by atoms with Crippen LogP contribution in [0.15, 0.2) is 36.4 Å². The van der Waals surface area contributed by atoms with Crippen LogP contribution in [0.5, 0.6) is 0 Å². The molecular formula is C27H32N2O5. The number of fused-ring (bicyclic) bond motifs is 1. The first-order chi connectivity index (χ1) is 16.1. The number of carbonyl (C=O) groups excluding carboxylic acids is 2. The Morgan fingerprint density at radius 3 is 2.24 bits per heavy atom. The van der Waals surface area contributed by atoms with Crippen LogP contribution in [0.25, 0.3) is 0 Å². The Hall–Kier alpha value is -3.03. The second-order valence-electron chi connectivity index (χ2n) is 9.48. The fraction of sp³-hybridized carbons (Fsp3) is 0.444. The van der Waals surface area contributed by atoms with Crippen LogP contribution in [0, 0.1) is 25.7 Å². The number of rotatable bonds is 6. The minimum absolute atomic E-state index is 0.423. The van der Waals surface area contributed by atoms with E-state index in [4.69, 9.17) is 0 Å². The van der Waals surface area contributed by atoms with E-state index in [-0.39, 0.29) is 0 Å². The largest absolute Gasteiger partial charge is 0.480 e. The number of nitrogens with one attached hydrogen (secondary N) is 1. The van der Waals surface area contributed by atoms with Gasteiger partial charge in [-0.1, -0.05) is 55.8 Å². The number of aryl methyl sites for hydroxylation is 4. The summed E-state index contributed by atoms with van der Waals surface area (Å²) >= 11 is 0. The molecule has 7 nitrogen and oxygen atoms in total. The summed E-state index contributed by atoms with van der Waals surface area (Å²) in [4.78, 5) is 41.9. The van der Waals surface area contributed by atoms with Gasteiger partial charge in [0.05, 0.1) is 23.6 Å². The molecule has 4 rings (SSSR count). The van der Waals surface area contributed by atoms with Crippen molar-refractivity contribution in [2.45, 2.75) is 65.1 Å². The van der Waals surface area contributed by atoms with Crippen molar-refractivity contribution in [3.05, 3.63) is 64.2 Å². The van der Waals surface area contributed by atoms with Gasteiger partial charge >= 0.3 is 5.97 Å². The lowest BCUT2D eigenvalue weighted by Gasteiger charge is -2.34. The van der Waals surface area contributed by atoms with Gasteiger partial charge in [-0.2, -0.15) is 0 Å². The van der Waals surface area contributed by atoms with Crippen LogP contribution in [0.3, 0.4) is 0 Å². The molecule has 34 heavy (non-hydrogen) atoms. The number of hydrogen-bond acceptors (Lipinski definition) is 5. The van der Waals surface area contributed by atoms with Crippen LogP contribution >= 0.6 is 0 Å². The summed E-state index contributed by atoms with van der Waals surface area (Å²) < 4.78 is 0. The first-order valence-corrected chi connectivity index (χ1v) is 11.8. The number of benzene rings is 2. The average Bonchev–Trinajstić information content (AvgIpc) is 3.29. The fourth-order valence-corrected chi connectivity index (χ4v) is 5.79. The summed E-state index contributed by atoms with van der Waals surface area (Å²) in [6.07, 6.45) is -0.167. The molecule has 0 spiro atoms. The van der Waals surface area contributed by atoms with E-state index in [0.29, 0.717) is 18.5 Å². The molecule has 0 aliphatic carbocycles. The Bertz CT molecular complexity index is 1150. The van der Waals surface area contributed by atoms with Crippen molar-refractivity contribution in [2.75, 3.05) is 4.90 Å². The summed E-state index contributed by atoms with van der Waals surface area (Å²) in [5.74, 6) is -4.53. The number of aliphatic hydroxyl groups excluding tert-OH is 1. The number of amides is 2.